The lowest BCUT2D eigenvalue weighted by atomic mass is 10.1. The second-order valence-corrected chi connectivity index (χ2v) is 5.85. The lowest BCUT2D eigenvalue weighted by Crippen LogP contribution is -2.29. The maximum atomic E-state index is 12.3. The summed E-state index contributed by atoms with van der Waals surface area (Å²) in [7, 11) is 0. The quantitative estimate of drug-likeness (QED) is 0.697. The standard InChI is InChI=1S/C16H10N2O3S/c19-15-11-4-1-2-5-12(11)16(20)18(15)9-10-8-13(21-17-10)14-6-3-7-22-14/h1-8H,9H2. The van der Waals surface area contributed by atoms with Crippen molar-refractivity contribution in [2.75, 3.05) is 0 Å². The zero-order chi connectivity index (χ0) is 15.1. The molecule has 0 spiro atoms. The van der Waals surface area contributed by atoms with Crippen molar-refractivity contribution in [3.05, 3.63) is 64.7 Å². The van der Waals surface area contributed by atoms with Crippen molar-refractivity contribution in [3.63, 3.8) is 0 Å². The Morgan fingerprint density at radius 1 is 1.05 bits per heavy atom. The number of benzene rings is 1. The number of carbonyl (C=O) groups excluding carboxylic acids is 2. The van der Waals surface area contributed by atoms with Gasteiger partial charge in [0.25, 0.3) is 11.8 Å². The average molecular weight is 310 g/mol. The normalized spacial score (nSPS) is 13.7. The van der Waals surface area contributed by atoms with E-state index in [9.17, 15) is 9.59 Å². The highest BCUT2D eigenvalue weighted by atomic mass is 32.1. The minimum Gasteiger partial charge on any atom is -0.355 e. The van der Waals surface area contributed by atoms with Gasteiger partial charge < -0.3 is 4.52 Å². The fraction of sp³-hybridized carbons (Fsp3) is 0.0625. The van der Waals surface area contributed by atoms with E-state index in [1.165, 1.54) is 4.90 Å². The van der Waals surface area contributed by atoms with E-state index in [2.05, 4.69) is 5.16 Å². The smallest absolute Gasteiger partial charge is 0.261 e. The van der Waals surface area contributed by atoms with Gasteiger partial charge in [0.1, 0.15) is 5.69 Å². The predicted molar refractivity (Wildman–Crippen MR) is 80.5 cm³/mol. The molecule has 0 N–H and O–H groups in total. The van der Waals surface area contributed by atoms with Gasteiger partial charge in [-0.25, -0.2) is 0 Å². The molecule has 0 unspecified atom stereocenters. The van der Waals surface area contributed by atoms with E-state index in [1.807, 2.05) is 17.5 Å². The molecule has 6 heteroatoms. The maximum absolute atomic E-state index is 12.3. The monoisotopic (exact) mass is 310 g/mol. The van der Waals surface area contributed by atoms with Gasteiger partial charge in [0.05, 0.1) is 22.5 Å². The molecule has 5 nitrogen and oxygen atoms in total. The van der Waals surface area contributed by atoms with Crippen molar-refractivity contribution < 1.29 is 14.1 Å². The first kappa shape index (κ1) is 13.0. The number of hydrogen-bond donors (Lipinski definition) is 0. The molecule has 0 fully saturated rings. The van der Waals surface area contributed by atoms with E-state index < -0.39 is 0 Å². The van der Waals surface area contributed by atoms with Gasteiger partial charge >= 0.3 is 0 Å². The molecule has 2 aromatic heterocycles. The maximum Gasteiger partial charge on any atom is 0.261 e. The number of imide groups is 1. The first-order valence-electron chi connectivity index (χ1n) is 6.69. The van der Waals surface area contributed by atoms with Gasteiger partial charge in [0, 0.05) is 6.07 Å². The Bertz CT molecular complexity index is 832. The summed E-state index contributed by atoms with van der Waals surface area (Å²) < 4.78 is 5.28. The first-order valence-corrected chi connectivity index (χ1v) is 7.57. The number of rotatable bonds is 3. The largest absolute Gasteiger partial charge is 0.355 e. The van der Waals surface area contributed by atoms with Gasteiger partial charge in [-0.05, 0) is 23.6 Å². The lowest BCUT2D eigenvalue weighted by Gasteiger charge is -2.10. The van der Waals surface area contributed by atoms with E-state index in [0.29, 0.717) is 22.6 Å². The van der Waals surface area contributed by atoms with Crippen molar-refractivity contribution in [3.8, 4) is 10.6 Å². The molecule has 0 bridgehead atoms. The summed E-state index contributed by atoms with van der Waals surface area (Å²) in [6, 6.07) is 12.4. The Labute approximate surface area is 129 Å². The van der Waals surface area contributed by atoms with Crippen LogP contribution in [0, 0.1) is 0 Å². The van der Waals surface area contributed by atoms with Crippen molar-refractivity contribution >= 4 is 23.2 Å². The summed E-state index contributed by atoms with van der Waals surface area (Å²) in [5.74, 6) is 0.0594. The summed E-state index contributed by atoms with van der Waals surface area (Å²) in [4.78, 5) is 26.7. The third kappa shape index (κ3) is 1.96. The molecule has 1 aliphatic heterocycles. The van der Waals surface area contributed by atoms with Crippen LogP contribution < -0.4 is 0 Å². The Hall–Kier alpha value is -2.73. The fourth-order valence-corrected chi connectivity index (χ4v) is 3.14. The molecule has 0 saturated heterocycles. The zero-order valence-corrected chi connectivity index (χ0v) is 12.2. The molecule has 22 heavy (non-hydrogen) atoms. The number of fused-ring (bicyclic) bond motifs is 1. The number of thiophene rings is 1. The molecule has 0 aliphatic carbocycles. The molecule has 0 atom stereocenters. The molecular weight excluding hydrogens is 300 g/mol. The van der Waals surface area contributed by atoms with E-state index in [4.69, 9.17) is 4.52 Å². The molecule has 3 heterocycles. The highest BCUT2D eigenvalue weighted by molar-refractivity contribution is 7.13. The minimum absolute atomic E-state index is 0.112. The molecule has 0 saturated carbocycles. The van der Waals surface area contributed by atoms with Crippen molar-refractivity contribution in [2.24, 2.45) is 0 Å². The number of amides is 2. The van der Waals surface area contributed by atoms with Gasteiger partial charge in [-0.15, -0.1) is 11.3 Å². The molecule has 3 aromatic rings. The van der Waals surface area contributed by atoms with Crippen LogP contribution >= 0.6 is 11.3 Å². The minimum atomic E-state index is -0.290. The van der Waals surface area contributed by atoms with Crippen LogP contribution in [0.25, 0.3) is 10.6 Å². The zero-order valence-electron chi connectivity index (χ0n) is 11.4. The topological polar surface area (TPSA) is 63.4 Å². The van der Waals surface area contributed by atoms with Crippen LogP contribution in [0.5, 0.6) is 0 Å². The van der Waals surface area contributed by atoms with Gasteiger partial charge in [0.2, 0.25) is 0 Å². The second-order valence-electron chi connectivity index (χ2n) is 4.90. The second kappa shape index (κ2) is 4.92. The highest BCUT2D eigenvalue weighted by Crippen LogP contribution is 2.27. The van der Waals surface area contributed by atoms with Gasteiger partial charge in [-0.3, -0.25) is 14.5 Å². The summed E-state index contributed by atoms with van der Waals surface area (Å²) in [6.07, 6.45) is 0. The van der Waals surface area contributed by atoms with E-state index in [0.717, 1.165) is 4.88 Å². The van der Waals surface area contributed by atoms with Gasteiger partial charge in [-0.1, -0.05) is 23.4 Å². The molecule has 1 aromatic carbocycles. The lowest BCUT2D eigenvalue weighted by molar-refractivity contribution is 0.0639. The number of nitrogens with zero attached hydrogens (tertiary/aromatic N) is 2. The summed E-state index contributed by atoms with van der Waals surface area (Å²) >= 11 is 1.54. The SMILES string of the molecule is O=C1c2ccccc2C(=O)N1Cc1cc(-c2cccs2)on1. The molecule has 4 rings (SSSR count). The number of hydrogen-bond acceptors (Lipinski definition) is 5. The summed E-state index contributed by atoms with van der Waals surface area (Å²) in [5.41, 5.74) is 1.43. The average Bonchev–Trinajstić information content (AvgIpc) is 3.25. The van der Waals surface area contributed by atoms with E-state index in [1.54, 1.807) is 41.7 Å². The van der Waals surface area contributed by atoms with Gasteiger partial charge in [0.15, 0.2) is 5.76 Å². The van der Waals surface area contributed by atoms with Crippen LogP contribution in [0.15, 0.2) is 52.4 Å². The third-order valence-corrected chi connectivity index (χ3v) is 4.41. The summed E-state index contributed by atoms with van der Waals surface area (Å²) in [6.45, 7) is 0.112. The van der Waals surface area contributed by atoms with Crippen LogP contribution in [0.4, 0.5) is 0 Å². The number of carbonyl (C=O) groups is 2. The molecule has 2 amide bonds. The Kier molecular flexibility index (Phi) is 2.90. The van der Waals surface area contributed by atoms with Crippen LogP contribution in [0.1, 0.15) is 26.4 Å². The highest BCUT2D eigenvalue weighted by Gasteiger charge is 2.35. The molecule has 108 valence electrons. The van der Waals surface area contributed by atoms with Crippen molar-refractivity contribution in [2.45, 2.75) is 6.54 Å². The van der Waals surface area contributed by atoms with Crippen LogP contribution in [-0.4, -0.2) is 21.9 Å². The van der Waals surface area contributed by atoms with Gasteiger partial charge in [-0.2, -0.15) is 0 Å². The first-order chi connectivity index (χ1) is 10.7. The van der Waals surface area contributed by atoms with Crippen molar-refractivity contribution in [1.82, 2.24) is 10.1 Å². The van der Waals surface area contributed by atoms with Crippen LogP contribution in [0.3, 0.4) is 0 Å². The molecule has 0 radical (unpaired) electrons. The number of aromatic nitrogens is 1. The Balaban J connectivity index is 1.60. The molecular formula is C16H10N2O3S. The Morgan fingerprint density at radius 3 is 2.41 bits per heavy atom. The van der Waals surface area contributed by atoms with E-state index >= 15 is 0 Å². The predicted octanol–water partition coefficient (Wildman–Crippen LogP) is 3.20. The summed E-state index contributed by atoms with van der Waals surface area (Å²) in [5, 5.41) is 5.90. The molecule has 1 aliphatic rings. The van der Waals surface area contributed by atoms with Crippen LogP contribution in [-0.2, 0) is 6.54 Å². The van der Waals surface area contributed by atoms with Crippen LogP contribution in [0.2, 0.25) is 0 Å². The third-order valence-electron chi connectivity index (χ3n) is 3.52. The van der Waals surface area contributed by atoms with Crippen molar-refractivity contribution in [1.29, 1.82) is 0 Å². The van der Waals surface area contributed by atoms with E-state index in [-0.39, 0.29) is 18.4 Å². The Morgan fingerprint density at radius 2 is 1.77 bits per heavy atom. The fourth-order valence-electron chi connectivity index (χ4n) is 2.47.